The van der Waals surface area contributed by atoms with E-state index in [9.17, 15) is 18.4 Å². The average molecular weight is 374 g/mol. The van der Waals surface area contributed by atoms with Gasteiger partial charge in [-0.1, -0.05) is 6.07 Å². The van der Waals surface area contributed by atoms with Gasteiger partial charge in [-0.3, -0.25) is 9.69 Å². The molecule has 1 aliphatic heterocycles. The second-order valence-electron chi connectivity index (χ2n) is 6.32. The third-order valence-electron chi connectivity index (χ3n) is 4.46. The molecule has 0 aliphatic carbocycles. The number of nitrogens with two attached hydrogens (primary N) is 1. The minimum atomic E-state index is -0.927. The maximum atomic E-state index is 13.7. The number of nitrogens with one attached hydrogen (secondary N) is 2. The van der Waals surface area contributed by atoms with Gasteiger partial charge in [0.05, 0.1) is 5.56 Å². The summed E-state index contributed by atoms with van der Waals surface area (Å²) < 4.78 is 27.4. The van der Waals surface area contributed by atoms with Crippen LogP contribution in [0.3, 0.4) is 0 Å². The number of benzene rings is 2. The van der Waals surface area contributed by atoms with E-state index in [-0.39, 0.29) is 17.3 Å². The van der Waals surface area contributed by atoms with E-state index in [1.54, 1.807) is 6.07 Å². The molecule has 3 rings (SSSR count). The SMILES string of the molecule is NC(=O)c1cc(NC(=O)N(c2cccc(F)c2)C2CCNCC2)ccc1F. The van der Waals surface area contributed by atoms with Gasteiger partial charge in [0.2, 0.25) is 0 Å². The maximum absolute atomic E-state index is 13.7. The summed E-state index contributed by atoms with van der Waals surface area (Å²) >= 11 is 0. The molecule has 1 saturated heterocycles. The maximum Gasteiger partial charge on any atom is 0.326 e. The number of primary amides is 1. The van der Waals surface area contributed by atoms with Gasteiger partial charge >= 0.3 is 6.03 Å². The fourth-order valence-corrected chi connectivity index (χ4v) is 3.16. The van der Waals surface area contributed by atoms with Gasteiger partial charge in [-0.15, -0.1) is 0 Å². The van der Waals surface area contributed by atoms with Crippen molar-refractivity contribution in [2.45, 2.75) is 18.9 Å². The zero-order valence-electron chi connectivity index (χ0n) is 14.5. The number of rotatable bonds is 4. The lowest BCUT2D eigenvalue weighted by atomic mass is 10.0. The largest absolute Gasteiger partial charge is 0.366 e. The lowest BCUT2D eigenvalue weighted by Gasteiger charge is -2.34. The molecule has 1 fully saturated rings. The van der Waals surface area contributed by atoms with Crippen LogP contribution >= 0.6 is 0 Å². The van der Waals surface area contributed by atoms with Crippen LogP contribution in [0.2, 0.25) is 0 Å². The van der Waals surface area contributed by atoms with E-state index in [0.29, 0.717) is 18.5 Å². The number of carbonyl (C=O) groups is 2. The molecule has 0 spiro atoms. The molecule has 0 bridgehead atoms. The van der Waals surface area contributed by atoms with Gasteiger partial charge in [0, 0.05) is 17.4 Å². The van der Waals surface area contributed by atoms with Crippen molar-refractivity contribution in [1.82, 2.24) is 5.32 Å². The van der Waals surface area contributed by atoms with E-state index in [0.717, 1.165) is 19.2 Å². The van der Waals surface area contributed by atoms with Crippen LogP contribution in [0.25, 0.3) is 0 Å². The Morgan fingerprint density at radius 2 is 1.85 bits per heavy atom. The first-order valence-corrected chi connectivity index (χ1v) is 8.61. The number of nitrogens with zero attached hydrogens (tertiary/aromatic N) is 1. The predicted octanol–water partition coefficient (Wildman–Crippen LogP) is 2.85. The fourth-order valence-electron chi connectivity index (χ4n) is 3.16. The summed E-state index contributed by atoms with van der Waals surface area (Å²) in [6.07, 6.45) is 1.42. The van der Waals surface area contributed by atoms with Crippen molar-refractivity contribution in [3.05, 3.63) is 59.7 Å². The first-order valence-electron chi connectivity index (χ1n) is 8.61. The highest BCUT2D eigenvalue weighted by molar-refractivity contribution is 6.03. The van der Waals surface area contributed by atoms with Gasteiger partial charge in [0.25, 0.3) is 5.91 Å². The molecule has 1 heterocycles. The molecule has 4 N–H and O–H groups in total. The number of halogens is 2. The Morgan fingerprint density at radius 1 is 1.11 bits per heavy atom. The zero-order valence-corrected chi connectivity index (χ0v) is 14.5. The molecule has 0 aromatic heterocycles. The molecule has 142 valence electrons. The van der Waals surface area contributed by atoms with Gasteiger partial charge in [0.15, 0.2) is 0 Å². The first kappa shape index (κ1) is 18.8. The molecule has 2 aromatic carbocycles. The Labute approximate surface area is 155 Å². The second kappa shape index (κ2) is 8.13. The topological polar surface area (TPSA) is 87.5 Å². The molecule has 0 atom stereocenters. The van der Waals surface area contributed by atoms with E-state index in [4.69, 9.17) is 5.73 Å². The van der Waals surface area contributed by atoms with E-state index in [2.05, 4.69) is 10.6 Å². The van der Waals surface area contributed by atoms with Crippen LogP contribution in [-0.2, 0) is 0 Å². The molecule has 0 radical (unpaired) electrons. The number of amides is 3. The quantitative estimate of drug-likeness (QED) is 0.769. The first-order chi connectivity index (χ1) is 13.0. The van der Waals surface area contributed by atoms with Crippen molar-refractivity contribution >= 4 is 23.3 Å². The van der Waals surface area contributed by atoms with Crippen LogP contribution in [0.15, 0.2) is 42.5 Å². The van der Waals surface area contributed by atoms with Gasteiger partial charge in [-0.2, -0.15) is 0 Å². The average Bonchev–Trinajstić information content (AvgIpc) is 2.64. The molecule has 1 aliphatic rings. The molecule has 27 heavy (non-hydrogen) atoms. The molecule has 2 aromatic rings. The Hall–Kier alpha value is -3.00. The van der Waals surface area contributed by atoms with Crippen molar-refractivity contribution in [1.29, 1.82) is 0 Å². The normalized spacial score (nSPS) is 14.6. The summed E-state index contributed by atoms with van der Waals surface area (Å²) in [5.74, 6) is -2.14. The van der Waals surface area contributed by atoms with E-state index >= 15 is 0 Å². The lowest BCUT2D eigenvalue weighted by molar-refractivity contribution is 0.0996. The Balaban J connectivity index is 1.89. The zero-order chi connectivity index (χ0) is 19.4. The number of anilines is 2. The summed E-state index contributed by atoms with van der Waals surface area (Å²) in [5.41, 5.74) is 5.49. The molecule has 3 amide bonds. The van der Waals surface area contributed by atoms with E-state index < -0.39 is 23.6 Å². The smallest absolute Gasteiger partial charge is 0.326 e. The van der Waals surface area contributed by atoms with Crippen molar-refractivity contribution in [3.8, 4) is 0 Å². The molecule has 0 saturated carbocycles. The molecular formula is C19H20F2N4O2. The number of urea groups is 1. The van der Waals surface area contributed by atoms with Gasteiger partial charge in [-0.05, 0) is 62.3 Å². The fraction of sp³-hybridized carbons (Fsp3) is 0.263. The predicted molar refractivity (Wildman–Crippen MR) is 98.7 cm³/mol. The van der Waals surface area contributed by atoms with E-state index in [1.807, 2.05) is 0 Å². The van der Waals surface area contributed by atoms with Crippen LogP contribution in [0.4, 0.5) is 25.0 Å². The molecule has 8 heteroatoms. The Morgan fingerprint density at radius 3 is 2.52 bits per heavy atom. The third kappa shape index (κ3) is 4.40. The van der Waals surface area contributed by atoms with Crippen LogP contribution in [0.5, 0.6) is 0 Å². The summed E-state index contributed by atoms with van der Waals surface area (Å²) in [6.45, 7) is 1.48. The van der Waals surface area contributed by atoms with Gasteiger partial charge < -0.3 is 16.4 Å². The highest BCUT2D eigenvalue weighted by atomic mass is 19.1. The van der Waals surface area contributed by atoms with Crippen molar-refractivity contribution in [2.75, 3.05) is 23.3 Å². The lowest BCUT2D eigenvalue weighted by Crippen LogP contribution is -2.48. The van der Waals surface area contributed by atoms with Crippen LogP contribution in [0.1, 0.15) is 23.2 Å². The van der Waals surface area contributed by atoms with E-state index in [1.165, 1.54) is 35.2 Å². The molecule has 0 unspecified atom stereocenters. The van der Waals surface area contributed by atoms with Gasteiger partial charge in [0.1, 0.15) is 11.6 Å². The minimum Gasteiger partial charge on any atom is -0.366 e. The number of piperidine rings is 1. The van der Waals surface area contributed by atoms with Crippen molar-refractivity contribution in [3.63, 3.8) is 0 Å². The van der Waals surface area contributed by atoms with Crippen LogP contribution < -0.4 is 21.3 Å². The summed E-state index contributed by atoms with van der Waals surface area (Å²) in [7, 11) is 0. The summed E-state index contributed by atoms with van der Waals surface area (Å²) in [5, 5.41) is 5.87. The van der Waals surface area contributed by atoms with Crippen molar-refractivity contribution in [2.24, 2.45) is 5.73 Å². The molecule has 6 nitrogen and oxygen atoms in total. The summed E-state index contributed by atoms with van der Waals surface area (Å²) in [4.78, 5) is 25.8. The van der Waals surface area contributed by atoms with Gasteiger partial charge in [-0.25, -0.2) is 13.6 Å². The summed E-state index contributed by atoms with van der Waals surface area (Å²) in [6, 6.07) is 8.76. The van der Waals surface area contributed by atoms with Crippen molar-refractivity contribution < 1.29 is 18.4 Å². The molecular weight excluding hydrogens is 354 g/mol. The number of hydrogen-bond acceptors (Lipinski definition) is 3. The third-order valence-corrected chi connectivity index (χ3v) is 4.46. The number of carbonyl (C=O) groups excluding carboxylic acids is 2. The monoisotopic (exact) mass is 374 g/mol. The highest BCUT2D eigenvalue weighted by Gasteiger charge is 2.27. The van der Waals surface area contributed by atoms with Crippen LogP contribution in [-0.4, -0.2) is 31.1 Å². The standard InChI is InChI=1S/C19H20F2N4O2/c20-12-2-1-3-15(10-12)25(14-6-8-23-9-7-14)19(27)24-13-4-5-17(21)16(11-13)18(22)26/h1-5,10-11,14,23H,6-9H2,(H2,22,26)(H,24,27). The van der Waals surface area contributed by atoms with Crippen LogP contribution in [0, 0.1) is 11.6 Å². The Kier molecular flexibility index (Phi) is 5.66. The minimum absolute atomic E-state index is 0.121. The Bertz CT molecular complexity index is 853. The number of hydrogen-bond donors (Lipinski definition) is 3. The highest BCUT2D eigenvalue weighted by Crippen LogP contribution is 2.24. The second-order valence-corrected chi connectivity index (χ2v) is 6.32.